The molecule has 0 aliphatic heterocycles. The highest BCUT2D eigenvalue weighted by molar-refractivity contribution is 5.50. The third-order valence-electron chi connectivity index (χ3n) is 3.80. The van der Waals surface area contributed by atoms with E-state index in [0.717, 1.165) is 37.8 Å². The van der Waals surface area contributed by atoms with Gasteiger partial charge in [-0.25, -0.2) is 0 Å². The second kappa shape index (κ2) is 5.41. The highest BCUT2D eigenvalue weighted by Crippen LogP contribution is 2.37. The summed E-state index contributed by atoms with van der Waals surface area (Å²) >= 11 is 0. The first-order valence-corrected chi connectivity index (χ1v) is 6.52. The van der Waals surface area contributed by atoms with Crippen molar-refractivity contribution in [3.8, 4) is 0 Å². The Morgan fingerprint density at radius 1 is 1.26 bits per heavy atom. The number of aliphatic hydroxyl groups is 1. The molecule has 2 rings (SSSR count). The van der Waals surface area contributed by atoms with Gasteiger partial charge in [0.05, 0.1) is 11.7 Å². The van der Waals surface area contributed by atoms with Gasteiger partial charge < -0.3 is 10.8 Å². The van der Waals surface area contributed by atoms with Gasteiger partial charge in [-0.1, -0.05) is 25.7 Å². The minimum atomic E-state index is -4.41. The summed E-state index contributed by atoms with van der Waals surface area (Å²) in [6.45, 7) is 0. The van der Waals surface area contributed by atoms with Gasteiger partial charge in [-0.2, -0.15) is 13.2 Å². The molecule has 1 atom stereocenters. The number of nitrogen functional groups attached to an aromatic ring is 1. The normalized spacial score (nSPS) is 18.7. The zero-order valence-electron chi connectivity index (χ0n) is 10.6. The van der Waals surface area contributed by atoms with Crippen LogP contribution in [-0.2, 0) is 6.18 Å². The van der Waals surface area contributed by atoms with E-state index in [0.29, 0.717) is 12.3 Å². The van der Waals surface area contributed by atoms with Crippen molar-refractivity contribution in [3.05, 3.63) is 29.3 Å². The van der Waals surface area contributed by atoms with Crippen LogP contribution in [0.5, 0.6) is 0 Å². The average molecular weight is 273 g/mol. The quantitative estimate of drug-likeness (QED) is 0.820. The summed E-state index contributed by atoms with van der Waals surface area (Å²) in [6.07, 6.45) is -0.483. The summed E-state index contributed by atoms with van der Waals surface area (Å²) in [5.74, 6) is 0.393. The smallest absolute Gasteiger partial charge is 0.398 e. The minimum absolute atomic E-state index is 0.196. The summed E-state index contributed by atoms with van der Waals surface area (Å²) in [5, 5.41) is 10.1. The van der Waals surface area contributed by atoms with Crippen molar-refractivity contribution < 1.29 is 18.3 Å². The Bertz CT molecular complexity index is 439. The fourth-order valence-electron chi connectivity index (χ4n) is 2.73. The van der Waals surface area contributed by atoms with Crippen LogP contribution in [-0.4, -0.2) is 5.11 Å². The van der Waals surface area contributed by atoms with E-state index in [4.69, 9.17) is 5.73 Å². The standard InChI is InChI=1S/C14H18F3NO/c15-14(16,17)10-5-6-12(18)11(8-10)13(19)7-9-3-1-2-4-9/h5-6,8-9,13,19H,1-4,7,18H2. The van der Waals surface area contributed by atoms with E-state index in [2.05, 4.69) is 0 Å². The van der Waals surface area contributed by atoms with E-state index in [1.54, 1.807) is 0 Å². The topological polar surface area (TPSA) is 46.2 Å². The number of anilines is 1. The van der Waals surface area contributed by atoms with Gasteiger partial charge in [0.15, 0.2) is 0 Å². The number of aliphatic hydroxyl groups excluding tert-OH is 1. The van der Waals surface area contributed by atoms with Crippen LogP contribution in [0.25, 0.3) is 0 Å². The molecule has 0 amide bonds. The largest absolute Gasteiger partial charge is 0.416 e. The van der Waals surface area contributed by atoms with Gasteiger partial charge in [-0.3, -0.25) is 0 Å². The number of benzene rings is 1. The molecule has 5 heteroatoms. The zero-order valence-corrected chi connectivity index (χ0v) is 10.6. The summed E-state index contributed by atoms with van der Waals surface area (Å²) in [4.78, 5) is 0. The molecule has 1 fully saturated rings. The van der Waals surface area contributed by atoms with E-state index in [1.165, 1.54) is 6.07 Å². The van der Waals surface area contributed by atoms with Crippen molar-refractivity contribution in [1.29, 1.82) is 0 Å². The van der Waals surface area contributed by atoms with Crippen molar-refractivity contribution in [1.82, 2.24) is 0 Å². The van der Waals surface area contributed by atoms with Gasteiger partial charge >= 0.3 is 6.18 Å². The third-order valence-corrected chi connectivity index (χ3v) is 3.80. The van der Waals surface area contributed by atoms with Crippen LogP contribution < -0.4 is 5.73 Å². The van der Waals surface area contributed by atoms with Crippen LogP contribution in [0.15, 0.2) is 18.2 Å². The number of nitrogens with two attached hydrogens (primary N) is 1. The number of halogens is 3. The number of hydrogen-bond acceptors (Lipinski definition) is 2. The van der Waals surface area contributed by atoms with Crippen molar-refractivity contribution in [3.63, 3.8) is 0 Å². The highest BCUT2D eigenvalue weighted by atomic mass is 19.4. The van der Waals surface area contributed by atoms with Gasteiger partial charge in [-0.05, 0) is 30.5 Å². The molecule has 0 heterocycles. The molecular weight excluding hydrogens is 255 g/mol. The van der Waals surface area contributed by atoms with Gasteiger partial charge in [0.1, 0.15) is 0 Å². The molecule has 1 saturated carbocycles. The number of alkyl halides is 3. The van der Waals surface area contributed by atoms with E-state index >= 15 is 0 Å². The maximum Gasteiger partial charge on any atom is 0.416 e. The fraction of sp³-hybridized carbons (Fsp3) is 0.571. The predicted molar refractivity (Wildman–Crippen MR) is 67.4 cm³/mol. The monoisotopic (exact) mass is 273 g/mol. The lowest BCUT2D eigenvalue weighted by Crippen LogP contribution is -2.11. The Labute approximate surface area is 110 Å². The number of rotatable bonds is 3. The fourth-order valence-corrected chi connectivity index (χ4v) is 2.73. The van der Waals surface area contributed by atoms with Crippen molar-refractivity contribution in [2.75, 3.05) is 5.73 Å². The molecule has 0 spiro atoms. The molecule has 1 aromatic rings. The van der Waals surface area contributed by atoms with E-state index in [-0.39, 0.29) is 11.3 Å². The summed E-state index contributed by atoms with van der Waals surface area (Å²) in [6, 6.07) is 3.13. The van der Waals surface area contributed by atoms with Crippen LogP contribution in [0.1, 0.15) is 49.3 Å². The van der Waals surface area contributed by atoms with Gasteiger partial charge in [0.2, 0.25) is 0 Å². The Morgan fingerprint density at radius 3 is 2.47 bits per heavy atom. The summed E-state index contributed by atoms with van der Waals surface area (Å²) < 4.78 is 37.9. The zero-order chi connectivity index (χ0) is 14.0. The maximum atomic E-state index is 12.6. The summed E-state index contributed by atoms with van der Waals surface area (Å²) in [5.41, 5.74) is 5.34. The van der Waals surface area contributed by atoms with Crippen LogP contribution >= 0.6 is 0 Å². The molecule has 1 unspecified atom stereocenters. The predicted octanol–water partition coefficient (Wildman–Crippen LogP) is 3.90. The molecular formula is C14H18F3NO. The second-order valence-corrected chi connectivity index (χ2v) is 5.24. The lowest BCUT2D eigenvalue weighted by atomic mass is 9.94. The molecule has 1 aromatic carbocycles. The Morgan fingerprint density at radius 2 is 1.89 bits per heavy atom. The van der Waals surface area contributed by atoms with Gasteiger partial charge in [-0.15, -0.1) is 0 Å². The lowest BCUT2D eigenvalue weighted by Gasteiger charge is -2.19. The first-order valence-electron chi connectivity index (χ1n) is 6.52. The SMILES string of the molecule is Nc1ccc(C(F)(F)F)cc1C(O)CC1CCCC1. The van der Waals surface area contributed by atoms with Crippen LogP contribution in [0.3, 0.4) is 0 Å². The first-order chi connectivity index (χ1) is 8.88. The van der Waals surface area contributed by atoms with E-state index in [9.17, 15) is 18.3 Å². The molecule has 1 aliphatic carbocycles. The van der Waals surface area contributed by atoms with Gasteiger partial charge in [0, 0.05) is 11.3 Å². The molecule has 3 N–H and O–H groups in total. The molecule has 0 saturated heterocycles. The third kappa shape index (κ3) is 3.41. The van der Waals surface area contributed by atoms with Crippen molar-refractivity contribution >= 4 is 5.69 Å². The number of hydrogen-bond donors (Lipinski definition) is 2. The Balaban J connectivity index is 2.17. The van der Waals surface area contributed by atoms with Crippen molar-refractivity contribution in [2.24, 2.45) is 5.92 Å². The molecule has 2 nitrogen and oxygen atoms in total. The lowest BCUT2D eigenvalue weighted by molar-refractivity contribution is -0.137. The Hall–Kier alpha value is -1.23. The molecule has 1 aliphatic rings. The second-order valence-electron chi connectivity index (χ2n) is 5.24. The molecule has 0 bridgehead atoms. The minimum Gasteiger partial charge on any atom is -0.398 e. The maximum absolute atomic E-state index is 12.6. The van der Waals surface area contributed by atoms with Crippen LogP contribution in [0.2, 0.25) is 0 Å². The molecule has 0 aromatic heterocycles. The van der Waals surface area contributed by atoms with Crippen molar-refractivity contribution in [2.45, 2.75) is 44.4 Å². The summed E-state index contributed by atoms with van der Waals surface area (Å²) in [7, 11) is 0. The molecule has 0 radical (unpaired) electrons. The highest BCUT2D eigenvalue weighted by Gasteiger charge is 2.32. The van der Waals surface area contributed by atoms with Crippen LogP contribution in [0, 0.1) is 5.92 Å². The van der Waals surface area contributed by atoms with Crippen LogP contribution in [0.4, 0.5) is 18.9 Å². The van der Waals surface area contributed by atoms with E-state index < -0.39 is 17.8 Å². The molecule has 106 valence electrons. The first kappa shape index (κ1) is 14.2. The van der Waals surface area contributed by atoms with E-state index in [1.807, 2.05) is 0 Å². The molecule has 19 heavy (non-hydrogen) atoms. The Kier molecular flexibility index (Phi) is 4.04. The van der Waals surface area contributed by atoms with Gasteiger partial charge in [0.25, 0.3) is 0 Å². The average Bonchev–Trinajstić information content (AvgIpc) is 2.80.